The van der Waals surface area contributed by atoms with Gasteiger partial charge in [-0.2, -0.15) is 0 Å². The predicted molar refractivity (Wildman–Crippen MR) is 73.4 cm³/mol. The largest absolute Gasteiger partial charge is 0.481 e. The Labute approximate surface area is 117 Å². The van der Waals surface area contributed by atoms with E-state index in [1.165, 1.54) is 0 Å². The monoisotopic (exact) mass is 277 g/mol. The minimum atomic E-state index is -0.843. The maximum Gasteiger partial charge on any atom is 0.308 e. The van der Waals surface area contributed by atoms with Crippen LogP contribution in [-0.4, -0.2) is 29.1 Å². The van der Waals surface area contributed by atoms with Crippen molar-refractivity contribution in [3.05, 3.63) is 30.3 Å². The number of carbonyl (C=O) groups excluding carboxylic acids is 1. The number of amides is 1. The van der Waals surface area contributed by atoms with Gasteiger partial charge in [-0.1, -0.05) is 24.6 Å². The fourth-order valence-corrected chi connectivity index (χ4v) is 2.49. The number of ether oxygens (including phenoxy) is 1. The third-order valence-electron chi connectivity index (χ3n) is 3.59. The Kier molecular flexibility index (Phi) is 4.61. The summed E-state index contributed by atoms with van der Waals surface area (Å²) in [6, 6.07) is 8.79. The van der Waals surface area contributed by atoms with Gasteiger partial charge in [-0.15, -0.1) is 0 Å². The molecule has 0 bridgehead atoms. The molecule has 1 aromatic rings. The number of benzene rings is 1. The highest BCUT2D eigenvalue weighted by atomic mass is 16.5. The van der Waals surface area contributed by atoms with Gasteiger partial charge in [-0.3, -0.25) is 9.59 Å². The van der Waals surface area contributed by atoms with Crippen LogP contribution in [0.15, 0.2) is 30.3 Å². The number of para-hydroxylation sites is 1. The number of carbonyl (C=O) groups is 2. The van der Waals surface area contributed by atoms with Crippen molar-refractivity contribution in [2.24, 2.45) is 5.92 Å². The highest BCUT2D eigenvalue weighted by molar-refractivity contribution is 5.82. The topological polar surface area (TPSA) is 75.6 Å². The van der Waals surface area contributed by atoms with Crippen LogP contribution in [0.25, 0.3) is 0 Å². The molecule has 0 heterocycles. The van der Waals surface area contributed by atoms with Crippen molar-refractivity contribution in [2.75, 3.05) is 0 Å². The molecule has 20 heavy (non-hydrogen) atoms. The van der Waals surface area contributed by atoms with Crippen LogP contribution in [0.2, 0.25) is 0 Å². The SMILES string of the molecule is CC(Oc1ccccc1)C(=O)NC1CCCC1C(=O)O. The molecular weight excluding hydrogens is 258 g/mol. The van der Waals surface area contributed by atoms with E-state index in [2.05, 4.69) is 5.32 Å². The highest BCUT2D eigenvalue weighted by Gasteiger charge is 2.34. The number of hydrogen-bond acceptors (Lipinski definition) is 3. The predicted octanol–water partition coefficient (Wildman–Crippen LogP) is 1.82. The lowest BCUT2D eigenvalue weighted by Gasteiger charge is -2.21. The van der Waals surface area contributed by atoms with Crippen molar-refractivity contribution < 1.29 is 19.4 Å². The fourth-order valence-electron chi connectivity index (χ4n) is 2.49. The highest BCUT2D eigenvalue weighted by Crippen LogP contribution is 2.26. The van der Waals surface area contributed by atoms with Gasteiger partial charge < -0.3 is 15.2 Å². The molecule has 1 saturated carbocycles. The molecule has 1 amide bonds. The zero-order valence-corrected chi connectivity index (χ0v) is 11.4. The van der Waals surface area contributed by atoms with Crippen molar-refractivity contribution >= 4 is 11.9 Å². The van der Waals surface area contributed by atoms with Crippen molar-refractivity contribution in [2.45, 2.75) is 38.3 Å². The molecule has 1 aliphatic rings. The summed E-state index contributed by atoms with van der Waals surface area (Å²) >= 11 is 0. The molecule has 2 N–H and O–H groups in total. The lowest BCUT2D eigenvalue weighted by molar-refractivity contribution is -0.142. The lowest BCUT2D eigenvalue weighted by Crippen LogP contribution is -2.45. The molecule has 3 atom stereocenters. The Bertz CT molecular complexity index is 474. The molecule has 2 rings (SSSR count). The summed E-state index contributed by atoms with van der Waals surface area (Å²) in [7, 11) is 0. The van der Waals surface area contributed by atoms with Gasteiger partial charge in [0.15, 0.2) is 6.10 Å². The Morgan fingerprint density at radius 3 is 2.65 bits per heavy atom. The lowest BCUT2D eigenvalue weighted by atomic mass is 10.0. The second kappa shape index (κ2) is 6.41. The second-order valence-corrected chi connectivity index (χ2v) is 5.06. The molecule has 0 aromatic heterocycles. The summed E-state index contributed by atoms with van der Waals surface area (Å²) in [6.45, 7) is 1.66. The van der Waals surface area contributed by atoms with Gasteiger partial charge >= 0.3 is 5.97 Å². The average Bonchev–Trinajstić information content (AvgIpc) is 2.88. The van der Waals surface area contributed by atoms with Crippen LogP contribution in [0.3, 0.4) is 0 Å². The molecule has 0 aliphatic heterocycles. The van der Waals surface area contributed by atoms with Crippen molar-refractivity contribution in [1.29, 1.82) is 0 Å². The average molecular weight is 277 g/mol. The van der Waals surface area contributed by atoms with Gasteiger partial charge in [0.1, 0.15) is 5.75 Å². The van der Waals surface area contributed by atoms with Crippen molar-refractivity contribution in [1.82, 2.24) is 5.32 Å². The quantitative estimate of drug-likeness (QED) is 0.861. The van der Waals surface area contributed by atoms with E-state index in [9.17, 15) is 9.59 Å². The van der Waals surface area contributed by atoms with E-state index in [1.807, 2.05) is 18.2 Å². The molecule has 0 spiro atoms. The molecule has 5 nitrogen and oxygen atoms in total. The molecule has 0 saturated heterocycles. The summed E-state index contributed by atoms with van der Waals surface area (Å²) in [4.78, 5) is 23.1. The first-order valence-corrected chi connectivity index (χ1v) is 6.83. The van der Waals surface area contributed by atoms with Crippen LogP contribution in [0.1, 0.15) is 26.2 Å². The Balaban J connectivity index is 1.89. The first kappa shape index (κ1) is 14.4. The van der Waals surface area contributed by atoms with Crippen LogP contribution in [0.5, 0.6) is 5.75 Å². The van der Waals surface area contributed by atoms with Gasteiger partial charge in [-0.05, 0) is 31.9 Å². The van der Waals surface area contributed by atoms with E-state index in [-0.39, 0.29) is 11.9 Å². The first-order valence-electron chi connectivity index (χ1n) is 6.83. The molecule has 1 aliphatic carbocycles. The zero-order chi connectivity index (χ0) is 14.5. The van der Waals surface area contributed by atoms with E-state index >= 15 is 0 Å². The number of carboxylic acids is 1. The maximum absolute atomic E-state index is 12.0. The maximum atomic E-state index is 12.0. The molecule has 0 radical (unpaired) electrons. The summed E-state index contributed by atoms with van der Waals surface area (Å²) in [5.41, 5.74) is 0. The standard InChI is InChI=1S/C15H19NO4/c1-10(20-11-6-3-2-4-7-11)14(17)16-13-9-5-8-12(13)15(18)19/h2-4,6-7,10,12-13H,5,8-9H2,1H3,(H,16,17)(H,18,19). The first-order chi connectivity index (χ1) is 9.58. The number of carboxylic acid groups (broad SMARTS) is 1. The molecule has 1 fully saturated rings. The number of hydrogen-bond donors (Lipinski definition) is 2. The van der Waals surface area contributed by atoms with Crippen LogP contribution in [0, 0.1) is 5.92 Å². The molecular formula is C15H19NO4. The smallest absolute Gasteiger partial charge is 0.308 e. The Hall–Kier alpha value is -2.04. The number of aliphatic carboxylic acids is 1. The number of nitrogens with one attached hydrogen (secondary N) is 1. The molecule has 108 valence electrons. The van der Waals surface area contributed by atoms with Gasteiger partial charge in [0.05, 0.1) is 5.92 Å². The third kappa shape index (κ3) is 3.50. The Morgan fingerprint density at radius 2 is 2.00 bits per heavy atom. The minimum Gasteiger partial charge on any atom is -0.481 e. The minimum absolute atomic E-state index is 0.271. The van der Waals surface area contributed by atoms with Crippen LogP contribution < -0.4 is 10.1 Å². The number of rotatable bonds is 5. The van der Waals surface area contributed by atoms with Crippen molar-refractivity contribution in [3.63, 3.8) is 0 Å². The normalized spacial score (nSPS) is 23.1. The summed E-state index contributed by atoms with van der Waals surface area (Å²) in [6.07, 6.45) is 1.51. The van der Waals surface area contributed by atoms with E-state index < -0.39 is 18.0 Å². The van der Waals surface area contributed by atoms with Gasteiger partial charge in [0.25, 0.3) is 5.91 Å². The second-order valence-electron chi connectivity index (χ2n) is 5.06. The van der Waals surface area contributed by atoms with Crippen molar-refractivity contribution in [3.8, 4) is 5.75 Å². The summed E-state index contributed by atoms with van der Waals surface area (Å²) in [5, 5.41) is 11.9. The van der Waals surface area contributed by atoms with E-state index in [0.29, 0.717) is 18.6 Å². The van der Waals surface area contributed by atoms with E-state index in [0.717, 1.165) is 6.42 Å². The summed E-state index contributed by atoms with van der Waals surface area (Å²) < 4.78 is 5.52. The van der Waals surface area contributed by atoms with Gasteiger partial charge in [0.2, 0.25) is 0 Å². The van der Waals surface area contributed by atoms with Gasteiger partial charge in [0, 0.05) is 6.04 Å². The van der Waals surface area contributed by atoms with E-state index in [1.54, 1.807) is 19.1 Å². The van der Waals surface area contributed by atoms with E-state index in [4.69, 9.17) is 9.84 Å². The fraction of sp³-hybridized carbons (Fsp3) is 0.467. The van der Waals surface area contributed by atoms with Crippen LogP contribution >= 0.6 is 0 Å². The summed E-state index contributed by atoms with van der Waals surface area (Å²) in [5.74, 6) is -0.976. The molecule has 1 aromatic carbocycles. The molecule has 5 heteroatoms. The van der Waals surface area contributed by atoms with Crippen LogP contribution in [-0.2, 0) is 9.59 Å². The molecule has 3 unspecified atom stereocenters. The van der Waals surface area contributed by atoms with Crippen LogP contribution in [0.4, 0.5) is 0 Å². The third-order valence-corrected chi connectivity index (χ3v) is 3.59. The zero-order valence-electron chi connectivity index (χ0n) is 11.4. The Morgan fingerprint density at radius 1 is 1.30 bits per heavy atom. The van der Waals surface area contributed by atoms with Gasteiger partial charge in [-0.25, -0.2) is 0 Å².